The summed E-state index contributed by atoms with van der Waals surface area (Å²) in [6, 6.07) is 0. The fraction of sp³-hybridized carbons (Fsp3) is 0.588. The van der Waals surface area contributed by atoms with Gasteiger partial charge in [-0.15, -0.1) is 22.7 Å². The molecule has 0 atom stereocenters. The van der Waals surface area contributed by atoms with E-state index in [0.717, 1.165) is 34.1 Å². The maximum Gasteiger partial charge on any atom is 0.142 e. The van der Waals surface area contributed by atoms with Crippen LogP contribution >= 0.6 is 22.7 Å². The van der Waals surface area contributed by atoms with E-state index in [1.807, 2.05) is 12.3 Å². The van der Waals surface area contributed by atoms with Gasteiger partial charge in [0.25, 0.3) is 0 Å². The van der Waals surface area contributed by atoms with Gasteiger partial charge in [0.05, 0.1) is 29.3 Å². The fourth-order valence-corrected chi connectivity index (χ4v) is 5.60. The number of hydrogen-bond donors (Lipinski definition) is 1. The first-order valence-corrected chi connectivity index (χ1v) is 9.83. The van der Waals surface area contributed by atoms with Crippen LogP contribution in [0.4, 0.5) is 0 Å². The average molecular weight is 348 g/mol. The molecule has 122 valence electrons. The number of Topliss-reactive ketones (excluding diaryl/α,β-unsaturated/α-hetero) is 1. The van der Waals surface area contributed by atoms with Gasteiger partial charge in [-0.1, -0.05) is 6.42 Å². The Kier molecular flexibility index (Phi) is 3.86. The zero-order valence-corrected chi connectivity index (χ0v) is 14.8. The van der Waals surface area contributed by atoms with Crippen LogP contribution in [-0.4, -0.2) is 20.9 Å². The summed E-state index contributed by atoms with van der Waals surface area (Å²) in [6.45, 7) is 1.89. The van der Waals surface area contributed by atoms with Gasteiger partial charge in [0.2, 0.25) is 0 Å². The number of ketones is 1. The number of aliphatic hydroxyl groups is 1. The number of carbonyl (C=O) groups is 1. The summed E-state index contributed by atoms with van der Waals surface area (Å²) in [5, 5.41) is 12.8. The van der Waals surface area contributed by atoms with E-state index in [9.17, 15) is 9.90 Å². The van der Waals surface area contributed by atoms with Gasteiger partial charge in [-0.3, -0.25) is 4.79 Å². The number of aliphatic hydroxyl groups excluding tert-OH is 1. The first kappa shape index (κ1) is 15.4. The maximum atomic E-state index is 12.4. The number of carbonyl (C=O) groups excluding carboxylic acids is 1. The Morgan fingerprint density at radius 3 is 2.74 bits per heavy atom. The van der Waals surface area contributed by atoms with Crippen molar-refractivity contribution >= 4 is 28.5 Å². The van der Waals surface area contributed by atoms with E-state index in [-0.39, 0.29) is 12.5 Å². The lowest BCUT2D eigenvalue weighted by atomic mass is 9.51. The molecule has 4 nitrogen and oxygen atoms in total. The molecule has 2 aromatic rings. The first-order valence-electron chi connectivity index (χ1n) is 8.13. The van der Waals surface area contributed by atoms with Crippen LogP contribution in [0, 0.1) is 18.3 Å². The number of hydrogen-bond acceptors (Lipinski definition) is 6. The first-order chi connectivity index (χ1) is 11.1. The molecule has 1 spiro atoms. The van der Waals surface area contributed by atoms with Gasteiger partial charge in [-0.2, -0.15) is 0 Å². The second-order valence-corrected chi connectivity index (χ2v) is 8.93. The van der Waals surface area contributed by atoms with Gasteiger partial charge in [0.1, 0.15) is 15.8 Å². The Bertz CT molecular complexity index is 738. The van der Waals surface area contributed by atoms with Gasteiger partial charge in [-0.05, 0) is 38.0 Å². The monoisotopic (exact) mass is 348 g/mol. The van der Waals surface area contributed by atoms with Crippen LogP contribution in [0.3, 0.4) is 0 Å². The number of thiazole rings is 2. The molecule has 0 unspecified atom stereocenters. The van der Waals surface area contributed by atoms with E-state index < -0.39 is 0 Å². The topological polar surface area (TPSA) is 63.1 Å². The number of aryl methyl sites for hydroxylation is 1. The Balaban J connectivity index is 1.41. The quantitative estimate of drug-likeness (QED) is 0.893. The predicted octanol–water partition coefficient (Wildman–Crippen LogP) is 3.76. The highest BCUT2D eigenvalue weighted by atomic mass is 32.1. The third kappa shape index (κ3) is 2.77. The van der Waals surface area contributed by atoms with Gasteiger partial charge < -0.3 is 5.11 Å². The molecule has 0 bridgehead atoms. The Morgan fingerprint density at radius 2 is 2.13 bits per heavy atom. The van der Waals surface area contributed by atoms with E-state index in [0.29, 0.717) is 22.6 Å². The summed E-state index contributed by atoms with van der Waals surface area (Å²) in [5.41, 5.74) is 2.33. The van der Waals surface area contributed by atoms with Crippen molar-refractivity contribution in [1.29, 1.82) is 0 Å². The molecular weight excluding hydrogens is 328 g/mol. The van der Waals surface area contributed by atoms with Crippen LogP contribution in [0.1, 0.15) is 47.8 Å². The van der Waals surface area contributed by atoms with Crippen molar-refractivity contribution in [2.75, 3.05) is 0 Å². The van der Waals surface area contributed by atoms with Crippen LogP contribution in [0.5, 0.6) is 0 Å². The van der Waals surface area contributed by atoms with E-state index in [2.05, 4.69) is 9.97 Å². The highest BCUT2D eigenvalue weighted by Gasteiger charge is 2.50. The van der Waals surface area contributed by atoms with E-state index in [4.69, 9.17) is 0 Å². The lowest BCUT2D eigenvalue weighted by molar-refractivity contribution is -0.133. The number of rotatable bonds is 5. The minimum atomic E-state index is -0.0373. The smallest absolute Gasteiger partial charge is 0.142 e. The standard InChI is InChI=1S/C17H20N2O2S2/c1-10-16(23-15(8-20)18-10)12-9-22-14(19-12)5-13(21)11-6-17(7-11)3-2-4-17/h9,11,20H,2-8H2,1H3. The van der Waals surface area contributed by atoms with Crippen molar-refractivity contribution < 1.29 is 9.90 Å². The third-order valence-electron chi connectivity index (χ3n) is 5.31. The average Bonchev–Trinajstić information content (AvgIpc) is 3.01. The molecule has 0 aliphatic heterocycles. The third-order valence-corrected chi connectivity index (χ3v) is 7.33. The van der Waals surface area contributed by atoms with Crippen molar-refractivity contribution in [1.82, 2.24) is 9.97 Å². The van der Waals surface area contributed by atoms with Crippen molar-refractivity contribution in [2.45, 2.75) is 52.1 Å². The second kappa shape index (κ2) is 5.76. The van der Waals surface area contributed by atoms with E-state index in [1.165, 1.54) is 30.6 Å². The molecule has 2 aliphatic carbocycles. The molecule has 0 radical (unpaired) electrons. The van der Waals surface area contributed by atoms with Crippen molar-refractivity contribution in [3.05, 3.63) is 21.1 Å². The molecule has 4 rings (SSSR count). The Hall–Kier alpha value is -1.11. The summed E-state index contributed by atoms with van der Waals surface area (Å²) in [6.07, 6.45) is 6.69. The zero-order valence-electron chi connectivity index (χ0n) is 13.2. The summed E-state index contributed by atoms with van der Waals surface area (Å²) >= 11 is 3.03. The number of nitrogens with zero attached hydrogens (tertiary/aromatic N) is 2. The van der Waals surface area contributed by atoms with Crippen LogP contribution in [0.25, 0.3) is 10.6 Å². The minimum Gasteiger partial charge on any atom is -0.389 e. The molecule has 2 heterocycles. The largest absolute Gasteiger partial charge is 0.389 e. The summed E-state index contributed by atoms with van der Waals surface area (Å²) in [5.74, 6) is 0.634. The maximum absolute atomic E-state index is 12.4. The van der Waals surface area contributed by atoms with E-state index in [1.54, 1.807) is 11.3 Å². The highest BCUT2D eigenvalue weighted by molar-refractivity contribution is 7.16. The number of aromatic nitrogens is 2. The normalized spacial score (nSPS) is 19.6. The molecule has 2 saturated carbocycles. The van der Waals surface area contributed by atoms with Gasteiger partial charge in [0, 0.05) is 11.3 Å². The highest BCUT2D eigenvalue weighted by Crippen LogP contribution is 2.58. The molecule has 1 N–H and O–H groups in total. The van der Waals surface area contributed by atoms with Gasteiger partial charge in [0.15, 0.2) is 0 Å². The molecule has 2 aliphatic rings. The Morgan fingerprint density at radius 1 is 1.35 bits per heavy atom. The van der Waals surface area contributed by atoms with Crippen molar-refractivity contribution in [3.8, 4) is 10.6 Å². The second-order valence-electron chi connectivity index (χ2n) is 6.91. The molecule has 2 aromatic heterocycles. The lowest BCUT2D eigenvalue weighted by Crippen LogP contribution is -2.46. The SMILES string of the molecule is Cc1nc(CO)sc1-c1csc(CC(=O)C2CC3(CCC3)C2)n1. The zero-order chi connectivity index (χ0) is 16.0. The molecular formula is C17H20N2O2S2. The van der Waals surface area contributed by atoms with Crippen LogP contribution in [0.2, 0.25) is 0 Å². The van der Waals surface area contributed by atoms with Crippen molar-refractivity contribution in [2.24, 2.45) is 11.3 Å². The lowest BCUT2D eigenvalue weighted by Gasteiger charge is -2.53. The Labute approximate surface area is 143 Å². The van der Waals surface area contributed by atoms with Gasteiger partial charge >= 0.3 is 0 Å². The summed E-state index contributed by atoms with van der Waals surface area (Å²) in [4.78, 5) is 22.4. The summed E-state index contributed by atoms with van der Waals surface area (Å²) in [7, 11) is 0. The van der Waals surface area contributed by atoms with Gasteiger partial charge in [-0.25, -0.2) is 9.97 Å². The molecule has 2 fully saturated rings. The molecule has 23 heavy (non-hydrogen) atoms. The minimum absolute atomic E-state index is 0.0373. The van der Waals surface area contributed by atoms with Crippen LogP contribution in [0.15, 0.2) is 5.38 Å². The predicted molar refractivity (Wildman–Crippen MR) is 91.6 cm³/mol. The fourth-order valence-electron chi connectivity index (χ4n) is 3.85. The molecule has 0 saturated heterocycles. The van der Waals surface area contributed by atoms with Crippen LogP contribution in [-0.2, 0) is 17.8 Å². The van der Waals surface area contributed by atoms with Crippen LogP contribution < -0.4 is 0 Å². The van der Waals surface area contributed by atoms with E-state index >= 15 is 0 Å². The molecule has 6 heteroatoms. The molecule has 0 aromatic carbocycles. The molecule has 0 amide bonds. The van der Waals surface area contributed by atoms with Crippen molar-refractivity contribution in [3.63, 3.8) is 0 Å². The summed E-state index contributed by atoms with van der Waals surface area (Å²) < 4.78 is 0.